The minimum atomic E-state index is -0.00627. The van der Waals surface area contributed by atoms with Crippen molar-refractivity contribution in [3.63, 3.8) is 0 Å². The van der Waals surface area contributed by atoms with Gasteiger partial charge in [0.15, 0.2) is 0 Å². The summed E-state index contributed by atoms with van der Waals surface area (Å²) in [4.78, 5) is 12.4. The molecule has 1 unspecified atom stereocenters. The molecule has 21 heavy (non-hydrogen) atoms. The molecule has 1 fully saturated rings. The van der Waals surface area contributed by atoms with Crippen molar-refractivity contribution in [2.24, 2.45) is 5.92 Å². The highest BCUT2D eigenvalue weighted by molar-refractivity contribution is 5.79. The van der Waals surface area contributed by atoms with Crippen LogP contribution in [0.3, 0.4) is 0 Å². The average molecular weight is 286 g/mol. The van der Waals surface area contributed by atoms with E-state index in [4.69, 9.17) is 4.74 Å². The number of benzene rings is 1. The Bertz CT molecular complexity index is 472. The molecular formula is C19H26O2. The van der Waals surface area contributed by atoms with Crippen LogP contribution in [-0.2, 0) is 16.0 Å². The Kier molecular flexibility index (Phi) is 5.08. The second kappa shape index (κ2) is 7.22. The maximum Gasteiger partial charge on any atom is 0.136 e. The maximum absolute atomic E-state index is 12.4. The molecule has 1 aliphatic carbocycles. The quantitative estimate of drug-likeness (QED) is 0.755. The number of rotatable bonds is 4. The normalized spacial score (nSPS) is 23.3. The summed E-state index contributed by atoms with van der Waals surface area (Å²) in [5, 5.41) is 0. The van der Waals surface area contributed by atoms with Crippen LogP contribution in [0.4, 0.5) is 0 Å². The average Bonchev–Trinajstić information content (AvgIpc) is 2.76. The van der Waals surface area contributed by atoms with E-state index in [1.54, 1.807) is 0 Å². The minimum absolute atomic E-state index is 0.00627. The number of carbonyl (C=O) groups excluding carboxylic acids is 1. The lowest BCUT2D eigenvalue weighted by atomic mass is 9.89. The molecule has 3 rings (SSSR count). The van der Waals surface area contributed by atoms with Crippen LogP contribution in [-0.4, -0.2) is 12.4 Å². The third kappa shape index (κ3) is 3.94. The van der Waals surface area contributed by atoms with E-state index in [0.29, 0.717) is 18.1 Å². The number of Topliss-reactive ketones (excluding diaryl/α,β-unsaturated/α-hetero) is 1. The van der Waals surface area contributed by atoms with Gasteiger partial charge in [-0.3, -0.25) is 4.79 Å². The van der Waals surface area contributed by atoms with Gasteiger partial charge >= 0.3 is 0 Å². The first-order valence-electron chi connectivity index (χ1n) is 8.54. The molecule has 0 radical (unpaired) electrons. The second-order valence-electron chi connectivity index (χ2n) is 6.61. The number of hydrogen-bond donors (Lipinski definition) is 0. The van der Waals surface area contributed by atoms with Crippen LogP contribution in [0.25, 0.3) is 0 Å². The molecule has 2 heteroatoms. The molecule has 1 saturated carbocycles. The molecular weight excluding hydrogens is 260 g/mol. The molecule has 0 aromatic heterocycles. The highest BCUT2D eigenvalue weighted by Gasteiger charge is 2.24. The fourth-order valence-corrected chi connectivity index (χ4v) is 3.83. The Morgan fingerprint density at radius 1 is 1.05 bits per heavy atom. The van der Waals surface area contributed by atoms with Crippen molar-refractivity contribution in [3.8, 4) is 0 Å². The third-order valence-corrected chi connectivity index (χ3v) is 5.00. The molecule has 0 saturated heterocycles. The van der Waals surface area contributed by atoms with Crippen LogP contribution < -0.4 is 0 Å². The molecule has 1 aliphatic heterocycles. The summed E-state index contributed by atoms with van der Waals surface area (Å²) in [5.41, 5.74) is 2.59. The summed E-state index contributed by atoms with van der Waals surface area (Å²) in [7, 11) is 0. The van der Waals surface area contributed by atoms with Crippen LogP contribution in [0.1, 0.15) is 68.6 Å². The Morgan fingerprint density at radius 2 is 1.81 bits per heavy atom. The number of ether oxygens (including phenoxy) is 1. The van der Waals surface area contributed by atoms with Crippen molar-refractivity contribution < 1.29 is 9.53 Å². The molecule has 0 spiro atoms. The summed E-state index contributed by atoms with van der Waals surface area (Å²) >= 11 is 0. The molecule has 1 aromatic carbocycles. The summed E-state index contributed by atoms with van der Waals surface area (Å²) in [6.45, 7) is 0.748. The van der Waals surface area contributed by atoms with Crippen molar-refractivity contribution in [3.05, 3.63) is 35.4 Å². The van der Waals surface area contributed by atoms with Crippen LogP contribution in [0.2, 0.25) is 0 Å². The fraction of sp³-hybridized carbons (Fsp3) is 0.632. The molecule has 0 bridgehead atoms. The van der Waals surface area contributed by atoms with Gasteiger partial charge in [-0.2, -0.15) is 0 Å². The van der Waals surface area contributed by atoms with Crippen LogP contribution in [0.15, 0.2) is 24.3 Å². The SMILES string of the molecule is O=C(CC1CCCCCC1)CC1OCCc2ccccc21. The molecule has 1 heterocycles. The largest absolute Gasteiger partial charge is 0.373 e. The van der Waals surface area contributed by atoms with Gasteiger partial charge in [0.1, 0.15) is 5.78 Å². The Labute approximate surface area is 127 Å². The summed E-state index contributed by atoms with van der Waals surface area (Å²) < 4.78 is 5.87. The van der Waals surface area contributed by atoms with Crippen LogP contribution in [0.5, 0.6) is 0 Å². The van der Waals surface area contributed by atoms with Crippen LogP contribution >= 0.6 is 0 Å². The van der Waals surface area contributed by atoms with Gasteiger partial charge in [0.2, 0.25) is 0 Å². The summed E-state index contributed by atoms with van der Waals surface area (Å²) in [6, 6.07) is 8.42. The van der Waals surface area contributed by atoms with E-state index < -0.39 is 0 Å². The molecule has 2 nitrogen and oxygen atoms in total. The lowest BCUT2D eigenvalue weighted by molar-refractivity contribution is -0.123. The predicted molar refractivity (Wildman–Crippen MR) is 84.3 cm³/mol. The van der Waals surface area contributed by atoms with Gasteiger partial charge in [0.05, 0.1) is 12.7 Å². The van der Waals surface area contributed by atoms with Crippen molar-refractivity contribution in [1.82, 2.24) is 0 Å². The molecule has 114 valence electrons. The predicted octanol–water partition coefficient (Wildman–Crippen LogP) is 4.62. The van der Waals surface area contributed by atoms with Gasteiger partial charge in [-0.05, 0) is 23.5 Å². The molecule has 0 amide bonds. The van der Waals surface area contributed by atoms with Gasteiger partial charge < -0.3 is 4.74 Å². The van der Waals surface area contributed by atoms with Gasteiger partial charge in [0, 0.05) is 12.8 Å². The molecule has 1 aromatic rings. The second-order valence-corrected chi connectivity index (χ2v) is 6.61. The Hall–Kier alpha value is -1.15. The lowest BCUT2D eigenvalue weighted by Gasteiger charge is -2.26. The van der Waals surface area contributed by atoms with Gasteiger partial charge in [-0.1, -0.05) is 62.8 Å². The zero-order chi connectivity index (χ0) is 14.5. The first-order valence-corrected chi connectivity index (χ1v) is 8.54. The van der Waals surface area contributed by atoms with Gasteiger partial charge in [-0.25, -0.2) is 0 Å². The van der Waals surface area contributed by atoms with Crippen molar-refractivity contribution in [2.45, 2.75) is 63.9 Å². The number of carbonyl (C=O) groups is 1. The van der Waals surface area contributed by atoms with E-state index in [1.807, 2.05) is 0 Å². The topological polar surface area (TPSA) is 26.3 Å². The molecule has 2 aliphatic rings. The smallest absolute Gasteiger partial charge is 0.136 e. The minimum Gasteiger partial charge on any atom is -0.373 e. The zero-order valence-electron chi connectivity index (χ0n) is 12.9. The van der Waals surface area contributed by atoms with E-state index in [1.165, 1.54) is 49.7 Å². The number of hydrogen-bond acceptors (Lipinski definition) is 2. The van der Waals surface area contributed by atoms with Crippen molar-refractivity contribution in [2.75, 3.05) is 6.61 Å². The van der Waals surface area contributed by atoms with Crippen LogP contribution in [0, 0.1) is 5.92 Å². The zero-order valence-corrected chi connectivity index (χ0v) is 12.9. The Balaban J connectivity index is 1.58. The lowest BCUT2D eigenvalue weighted by Crippen LogP contribution is -2.20. The van der Waals surface area contributed by atoms with E-state index in [-0.39, 0.29) is 6.10 Å². The standard InChI is InChI=1S/C19H26O2/c20-17(13-15-7-3-1-2-4-8-15)14-19-18-10-6-5-9-16(18)11-12-21-19/h5-6,9-10,15,19H,1-4,7-8,11-14H2. The Morgan fingerprint density at radius 3 is 2.62 bits per heavy atom. The number of ketones is 1. The van der Waals surface area contributed by atoms with Gasteiger partial charge in [-0.15, -0.1) is 0 Å². The number of fused-ring (bicyclic) bond motifs is 1. The van der Waals surface area contributed by atoms with Gasteiger partial charge in [0.25, 0.3) is 0 Å². The molecule has 1 atom stereocenters. The van der Waals surface area contributed by atoms with E-state index in [9.17, 15) is 4.79 Å². The monoisotopic (exact) mass is 286 g/mol. The fourth-order valence-electron chi connectivity index (χ4n) is 3.83. The summed E-state index contributed by atoms with van der Waals surface area (Å²) in [6.07, 6.45) is 10.1. The first kappa shape index (κ1) is 14.8. The van der Waals surface area contributed by atoms with E-state index in [2.05, 4.69) is 24.3 Å². The van der Waals surface area contributed by atoms with Crippen molar-refractivity contribution >= 4 is 5.78 Å². The highest BCUT2D eigenvalue weighted by atomic mass is 16.5. The first-order chi connectivity index (χ1) is 10.3. The van der Waals surface area contributed by atoms with E-state index in [0.717, 1.165) is 19.4 Å². The summed E-state index contributed by atoms with van der Waals surface area (Å²) in [5.74, 6) is 1.02. The molecule has 0 N–H and O–H groups in total. The highest BCUT2D eigenvalue weighted by Crippen LogP contribution is 2.32. The third-order valence-electron chi connectivity index (χ3n) is 5.00. The van der Waals surface area contributed by atoms with Crippen molar-refractivity contribution in [1.29, 1.82) is 0 Å². The maximum atomic E-state index is 12.4. The van der Waals surface area contributed by atoms with E-state index >= 15 is 0 Å².